The minimum absolute atomic E-state index is 0.115. The minimum atomic E-state index is -0.169. The topological polar surface area (TPSA) is 88.7 Å². The van der Waals surface area contributed by atoms with Crippen molar-refractivity contribution in [3.63, 3.8) is 0 Å². The van der Waals surface area contributed by atoms with Gasteiger partial charge in [0.15, 0.2) is 0 Å². The summed E-state index contributed by atoms with van der Waals surface area (Å²) in [5.41, 5.74) is 2.02. The fourth-order valence-corrected chi connectivity index (χ4v) is 3.07. The molecule has 0 spiro atoms. The smallest absolute Gasteiger partial charge is 0.251 e. The number of carbonyl (C=O) groups excluding carboxylic acids is 2. The Balaban J connectivity index is 1.43. The fraction of sp³-hybridized carbons (Fsp3) is 0.364. The van der Waals surface area contributed by atoms with Gasteiger partial charge in [0.1, 0.15) is 5.75 Å². The average molecular weight is 397 g/mol. The van der Waals surface area contributed by atoms with E-state index in [1.54, 1.807) is 30.3 Å². The SMILES string of the molecule is CCOc1cccc(NC(=O)CNc2ccc(C(=O)NCC3CCCO3)cc2)c1. The zero-order valence-corrected chi connectivity index (χ0v) is 16.6. The first-order valence-electron chi connectivity index (χ1n) is 9.90. The maximum atomic E-state index is 12.2. The Morgan fingerprint density at radius 2 is 1.97 bits per heavy atom. The highest BCUT2D eigenvalue weighted by Gasteiger charge is 2.16. The molecule has 2 aromatic rings. The van der Waals surface area contributed by atoms with Crippen molar-refractivity contribution >= 4 is 23.2 Å². The highest BCUT2D eigenvalue weighted by atomic mass is 16.5. The highest BCUT2D eigenvalue weighted by molar-refractivity contribution is 5.95. The monoisotopic (exact) mass is 397 g/mol. The van der Waals surface area contributed by atoms with Crippen LogP contribution in [0.2, 0.25) is 0 Å². The van der Waals surface area contributed by atoms with E-state index in [1.807, 2.05) is 25.1 Å². The van der Waals surface area contributed by atoms with Gasteiger partial charge in [-0.05, 0) is 56.2 Å². The van der Waals surface area contributed by atoms with Gasteiger partial charge >= 0.3 is 0 Å². The third-order valence-electron chi connectivity index (χ3n) is 4.54. The van der Waals surface area contributed by atoms with Gasteiger partial charge < -0.3 is 25.4 Å². The summed E-state index contributed by atoms with van der Waals surface area (Å²) in [6, 6.07) is 14.3. The highest BCUT2D eigenvalue weighted by Crippen LogP contribution is 2.17. The number of rotatable bonds is 9. The van der Waals surface area contributed by atoms with Gasteiger partial charge in [-0.1, -0.05) is 6.07 Å². The number of carbonyl (C=O) groups is 2. The van der Waals surface area contributed by atoms with Crippen LogP contribution in [0.3, 0.4) is 0 Å². The lowest BCUT2D eigenvalue weighted by Crippen LogP contribution is -2.31. The van der Waals surface area contributed by atoms with E-state index in [1.165, 1.54) is 0 Å². The molecule has 0 aliphatic carbocycles. The van der Waals surface area contributed by atoms with Crippen molar-refractivity contribution in [2.45, 2.75) is 25.9 Å². The summed E-state index contributed by atoms with van der Waals surface area (Å²) >= 11 is 0. The lowest BCUT2D eigenvalue weighted by atomic mass is 10.2. The zero-order chi connectivity index (χ0) is 20.5. The molecule has 7 nitrogen and oxygen atoms in total. The minimum Gasteiger partial charge on any atom is -0.494 e. The van der Waals surface area contributed by atoms with Crippen molar-refractivity contribution < 1.29 is 19.1 Å². The van der Waals surface area contributed by atoms with Gasteiger partial charge in [0.2, 0.25) is 5.91 Å². The standard InChI is InChI=1S/C22H27N3O4/c1-2-28-19-6-3-5-18(13-19)25-21(26)15-23-17-10-8-16(9-11-17)22(27)24-14-20-7-4-12-29-20/h3,5-6,8-11,13,20,23H,2,4,7,12,14-15H2,1H3,(H,24,27)(H,25,26). The van der Waals surface area contributed by atoms with Gasteiger partial charge in [0, 0.05) is 36.2 Å². The van der Waals surface area contributed by atoms with Crippen molar-refractivity contribution in [2.24, 2.45) is 0 Å². The lowest BCUT2D eigenvalue weighted by molar-refractivity contribution is -0.114. The first kappa shape index (κ1) is 20.7. The van der Waals surface area contributed by atoms with E-state index in [2.05, 4.69) is 16.0 Å². The molecule has 0 saturated carbocycles. The summed E-state index contributed by atoms with van der Waals surface area (Å²) in [4.78, 5) is 24.3. The quantitative estimate of drug-likeness (QED) is 0.605. The summed E-state index contributed by atoms with van der Waals surface area (Å²) in [5.74, 6) is 0.419. The number of hydrogen-bond acceptors (Lipinski definition) is 5. The number of amides is 2. The van der Waals surface area contributed by atoms with Crippen molar-refractivity contribution in [1.29, 1.82) is 0 Å². The molecule has 0 radical (unpaired) electrons. The second-order valence-corrected chi connectivity index (χ2v) is 6.78. The third-order valence-corrected chi connectivity index (χ3v) is 4.54. The summed E-state index contributed by atoms with van der Waals surface area (Å²) in [6.07, 6.45) is 2.15. The largest absolute Gasteiger partial charge is 0.494 e. The fourth-order valence-electron chi connectivity index (χ4n) is 3.07. The Hall–Kier alpha value is -3.06. The van der Waals surface area contributed by atoms with Gasteiger partial charge in [-0.3, -0.25) is 9.59 Å². The van der Waals surface area contributed by atoms with Crippen LogP contribution in [0.15, 0.2) is 48.5 Å². The Morgan fingerprint density at radius 1 is 1.14 bits per heavy atom. The normalized spacial score (nSPS) is 15.6. The number of nitrogens with one attached hydrogen (secondary N) is 3. The molecular formula is C22H27N3O4. The number of ether oxygens (including phenoxy) is 2. The molecule has 29 heavy (non-hydrogen) atoms. The first-order chi connectivity index (χ1) is 14.1. The molecular weight excluding hydrogens is 370 g/mol. The first-order valence-corrected chi connectivity index (χ1v) is 9.90. The molecule has 2 amide bonds. The van der Waals surface area contributed by atoms with Crippen LogP contribution in [0.5, 0.6) is 5.75 Å². The molecule has 1 aliphatic heterocycles. The lowest BCUT2D eigenvalue weighted by Gasteiger charge is -2.12. The van der Waals surface area contributed by atoms with Gasteiger partial charge in [-0.25, -0.2) is 0 Å². The predicted octanol–water partition coefficient (Wildman–Crippen LogP) is 3.04. The van der Waals surface area contributed by atoms with Crippen LogP contribution in [0, 0.1) is 0 Å². The molecule has 0 bridgehead atoms. The second-order valence-electron chi connectivity index (χ2n) is 6.78. The predicted molar refractivity (Wildman–Crippen MR) is 112 cm³/mol. The summed E-state index contributed by atoms with van der Waals surface area (Å²) < 4.78 is 10.9. The molecule has 3 N–H and O–H groups in total. The summed E-state index contributed by atoms with van der Waals surface area (Å²) in [6.45, 7) is 3.90. The van der Waals surface area contributed by atoms with Gasteiger partial charge in [-0.2, -0.15) is 0 Å². The van der Waals surface area contributed by atoms with E-state index < -0.39 is 0 Å². The van der Waals surface area contributed by atoms with E-state index >= 15 is 0 Å². The van der Waals surface area contributed by atoms with Crippen molar-refractivity contribution in [1.82, 2.24) is 5.32 Å². The molecule has 3 rings (SSSR count). The van der Waals surface area contributed by atoms with Crippen LogP contribution in [0.4, 0.5) is 11.4 Å². The van der Waals surface area contributed by atoms with Crippen LogP contribution in [0.1, 0.15) is 30.1 Å². The van der Waals surface area contributed by atoms with Crippen molar-refractivity contribution in [3.8, 4) is 5.75 Å². The van der Waals surface area contributed by atoms with Crippen molar-refractivity contribution in [3.05, 3.63) is 54.1 Å². The Morgan fingerprint density at radius 3 is 2.69 bits per heavy atom. The molecule has 154 valence electrons. The van der Waals surface area contributed by atoms with Crippen molar-refractivity contribution in [2.75, 3.05) is 36.9 Å². The average Bonchev–Trinajstić information content (AvgIpc) is 3.25. The van der Waals surface area contributed by atoms with Gasteiger partial charge in [0.05, 0.1) is 19.3 Å². The summed E-state index contributed by atoms with van der Waals surface area (Å²) in [5, 5.41) is 8.77. The second kappa shape index (κ2) is 10.5. The molecule has 1 fully saturated rings. The van der Waals surface area contributed by atoms with E-state index in [-0.39, 0.29) is 24.5 Å². The van der Waals surface area contributed by atoms with E-state index in [0.29, 0.717) is 30.2 Å². The molecule has 1 atom stereocenters. The van der Waals surface area contributed by atoms with Gasteiger partial charge in [-0.15, -0.1) is 0 Å². The number of benzene rings is 2. The van der Waals surface area contributed by atoms with Crippen LogP contribution in [-0.4, -0.2) is 44.2 Å². The summed E-state index contributed by atoms with van der Waals surface area (Å²) in [7, 11) is 0. The van der Waals surface area contributed by atoms with Crippen LogP contribution in [-0.2, 0) is 9.53 Å². The van der Waals surface area contributed by atoms with Gasteiger partial charge in [0.25, 0.3) is 5.91 Å². The van der Waals surface area contributed by atoms with E-state index in [4.69, 9.17) is 9.47 Å². The molecule has 1 heterocycles. The maximum Gasteiger partial charge on any atom is 0.251 e. The number of hydrogen-bond donors (Lipinski definition) is 3. The molecule has 2 aromatic carbocycles. The van der Waals surface area contributed by atoms with Crippen LogP contribution >= 0.6 is 0 Å². The zero-order valence-electron chi connectivity index (χ0n) is 16.6. The molecule has 1 aliphatic rings. The van der Waals surface area contributed by atoms with E-state index in [9.17, 15) is 9.59 Å². The molecule has 7 heteroatoms. The Kier molecular flexibility index (Phi) is 7.47. The Bertz CT molecular complexity index is 817. The van der Waals surface area contributed by atoms with Crippen LogP contribution in [0.25, 0.3) is 0 Å². The number of anilines is 2. The molecule has 1 saturated heterocycles. The molecule has 1 unspecified atom stereocenters. The van der Waals surface area contributed by atoms with E-state index in [0.717, 1.165) is 25.1 Å². The van der Waals surface area contributed by atoms with Crippen LogP contribution < -0.4 is 20.7 Å². The third kappa shape index (κ3) is 6.50. The Labute approximate surface area is 170 Å². The molecule has 0 aromatic heterocycles. The maximum absolute atomic E-state index is 12.2.